The minimum atomic E-state index is -1.29. The second-order valence-electron chi connectivity index (χ2n) is 8.90. The van der Waals surface area contributed by atoms with E-state index >= 15 is 0 Å². The maximum atomic E-state index is 14.1. The molecule has 11 nitrogen and oxygen atoms in total. The largest absolute Gasteiger partial charge is 0.508 e. The fourth-order valence-electron chi connectivity index (χ4n) is 3.20. The molecule has 2 aromatic rings. The molecule has 0 saturated carbocycles. The molecule has 3 N–H and O–H groups in total. The van der Waals surface area contributed by atoms with Gasteiger partial charge in [0.1, 0.15) is 23.4 Å². The van der Waals surface area contributed by atoms with Gasteiger partial charge in [-0.15, -0.1) is 0 Å². The molecule has 0 unspecified atom stereocenters. The smallest absolute Gasteiger partial charge is 0.408 e. The lowest BCUT2D eigenvalue weighted by Gasteiger charge is -2.25. The Bertz CT molecular complexity index is 1120. The molecule has 2 rings (SSSR count). The predicted molar refractivity (Wildman–Crippen MR) is 126 cm³/mol. The standard InChI is InChI=1S/C24H28FN3O8/c1-24(2,3)36-23(32)27-18(12-14-5-8-16(29)9-6-14)21(30)26-19(22(31)35-4)13-15-7-10-20(28(33)34)17(25)11-15/h5-11,18-19,29H,12-13H2,1-4H3,(H,26,30)(H,27,32)/t18-,19-/m0/s1. The van der Waals surface area contributed by atoms with Gasteiger partial charge in [0.25, 0.3) is 0 Å². The van der Waals surface area contributed by atoms with Crippen LogP contribution in [-0.4, -0.2) is 52.8 Å². The number of nitrogens with zero attached hydrogens (tertiary/aromatic N) is 1. The molecule has 2 amide bonds. The Balaban J connectivity index is 2.26. The Kier molecular flexibility index (Phi) is 9.31. The van der Waals surface area contributed by atoms with Crippen molar-refractivity contribution < 1.29 is 38.3 Å². The van der Waals surface area contributed by atoms with Gasteiger partial charge in [-0.2, -0.15) is 4.39 Å². The van der Waals surface area contributed by atoms with E-state index in [1.54, 1.807) is 32.9 Å². The second-order valence-corrected chi connectivity index (χ2v) is 8.90. The van der Waals surface area contributed by atoms with Gasteiger partial charge in [-0.1, -0.05) is 18.2 Å². The normalized spacial score (nSPS) is 12.7. The highest BCUT2D eigenvalue weighted by molar-refractivity contribution is 5.90. The maximum absolute atomic E-state index is 14.1. The number of aromatic hydroxyl groups is 1. The summed E-state index contributed by atoms with van der Waals surface area (Å²) < 4.78 is 24.0. The van der Waals surface area contributed by atoms with Crippen LogP contribution in [0, 0.1) is 15.9 Å². The van der Waals surface area contributed by atoms with Crippen LogP contribution in [0.3, 0.4) is 0 Å². The summed E-state index contributed by atoms with van der Waals surface area (Å²) in [6, 6.07) is 6.59. The maximum Gasteiger partial charge on any atom is 0.408 e. The molecule has 0 spiro atoms. The first kappa shape index (κ1) is 28.0. The van der Waals surface area contributed by atoms with E-state index in [9.17, 15) is 34.0 Å². The fourth-order valence-corrected chi connectivity index (χ4v) is 3.20. The number of phenolic OH excluding ortho intramolecular Hbond substituents is 1. The minimum absolute atomic E-state index is 0.00852. The van der Waals surface area contributed by atoms with E-state index < -0.39 is 52.1 Å². The summed E-state index contributed by atoms with van der Waals surface area (Å²) in [6.45, 7) is 4.95. The van der Waals surface area contributed by atoms with Gasteiger partial charge < -0.3 is 25.2 Å². The van der Waals surface area contributed by atoms with E-state index in [4.69, 9.17) is 9.47 Å². The van der Waals surface area contributed by atoms with E-state index in [2.05, 4.69) is 10.6 Å². The molecule has 0 bridgehead atoms. The van der Waals surface area contributed by atoms with E-state index in [0.29, 0.717) is 5.56 Å². The highest BCUT2D eigenvalue weighted by Crippen LogP contribution is 2.19. The molecule has 36 heavy (non-hydrogen) atoms. The van der Waals surface area contributed by atoms with Gasteiger partial charge >= 0.3 is 17.7 Å². The Labute approximate surface area is 206 Å². The van der Waals surface area contributed by atoms with Crippen LogP contribution in [0.15, 0.2) is 42.5 Å². The number of ether oxygens (including phenoxy) is 2. The van der Waals surface area contributed by atoms with E-state index in [1.807, 2.05) is 0 Å². The van der Waals surface area contributed by atoms with Crippen molar-refractivity contribution in [1.29, 1.82) is 0 Å². The van der Waals surface area contributed by atoms with Crippen molar-refractivity contribution in [3.63, 3.8) is 0 Å². The van der Waals surface area contributed by atoms with Crippen LogP contribution in [0.4, 0.5) is 14.9 Å². The molecule has 0 radical (unpaired) electrons. The number of benzene rings is 2. The summed E-state index contributed by atoms with van der Waals surface area (Å²) in [5, 5.41) is 25.3. The van der Waals surface area contributed by atoms with Crippen LogP contribution in [0.2, 0.25) is 0 Å². The number of nitro groups is 1. The molecule has 0 aliphatic carbocycles. The van der Waals surface area contributed by atoms with Gasteiger partial charge in [-0.05, 0) is 50.1 Å². The molecule has 0 aliphatic rings. The van der Waals surface area contributed by atoms with Crippen molar-refractivity contribution in [2.24, 2.45) is 0 Å². The predicted octanol–water partition coefficient (Wildman–Crippen LogP) is 2.78. The summed E-state index contributed by atoms with van der Waals surface area (Å²) in [5.41, 5.74) is -0.772. The lowest BCUT2D eigenvalue weighted by Crippen LogP contribution is -2.53. The van der Waals surface area contributed by atoms with Crippen molar-refractivity contribution in [2.45, 2.75) is 51.3 Å². The lowest BCUT2D eigenvalue weighted by molar-refractivity contribution is -0.387. The number of phenols is 1. The van der Waals surface area contributed by atoms with Crippen molar-refractivity contribution >= 4 is 23.7 Å². The number of rotatable bonds is 9. The van der Waals surface area contributed by atoms with Gasteiger partial charge in [0.15, 0.2) is 0 Å². The topological polar surface area (TPSA) is 157 Å². The Morgan fingerprint density at radius 1 is 1.03 bits per heavy atom. The summed E-state index contributed by atoms with van der Waals surface area (Å²) in [6.07, 6.45) is -1.11. The average Bonchev–Trinajstić information content (AvgIpc) is 2.77. The number of nitrogens with one attached hydrogen (secondary N) is 2. The fraction of sp³-hybridized carbons (Fsp3) is 0.375. The van der Waals surface area contributed by atoms with E-state index in [1.165, 1.54) is 18.2 Å². The number of hydrogen-bond acceptors (Lipinski definition) is 8. The molecule has 194 valence electrons. The second kappa shape index (κ2) is 12.0. The number of methoxy groups -OCH3 is 1. The number of hydrogen-bond donors (Lipinski definition) is 3. The van der Waals surface area contributed by atoms with Crippen LogP contribution >= 0.6 is 0 Å². The van der Waals surface area contributed by atoms with Crippen molar-refractivity contribution in [3.8, 4) is 5.75 Å². The molecule has 2 atom stereocenters. The molecule has 0 aromatic heterocycles. The molecule has 0 fully saturated rings. The van der Waals surface area contributed by atoms with Gasteiger partial charge in [0, 0.05) is 18.9 Å². The van der Waals surface area contributed by atoms with Crippen LogP contribution < -0.4 is 10.6 Å². The summed E-state index contributed by atoms with van der Waals surface area (Å²) in [4.78, 5) is 47.8. The third-order valence-corrected chi connectivity index (χ3v) is 4.83. The quantitative estimate of drug-likeness (QED) is 0.267. The summed E-state index contributed by atoms with van der Waals surface area (Å²) >= 11 is 0. The third kappa shape index (κ3) is 8.53. The van der Waals surface area contributed by atoms with Crippen LogP contribution in [-0.2, 0) is 31.9 Å². The highest BCUT2D eigenvalue weighted by atomic mass is 19.1. The highest BCUT2D eigenvalue weighted by Gasteiger charge is 2.30. The number of alkyl carbamates (subject to hydrolysis) is 1. The zero-order valence-electron chi connectivity index (χ0n) is 20.2. The molecule has 0 aliphatic heterocycles. The number of carbonyl (C=O) groups is 3. The van der Waals surface area contributed by atoms with Crippen molar-refractivity contribution in [2.75, 3.05) is 7.11 Å². The SMILES string of the molecule is COC(=O)[C@H](Cc1ccc([N+](=O)[O-])c(F)c1)NC(=O)[C@H](Cc1ccc(O)cc1)NC(=O)OC(C)(C)C. The Morgan fingerprint density at radius 2 is 1.61 bits per heavy atom. The first-order valence-electron chi connectivity index (χ1n) is 10.9. The number of esters is 1. The Morgan fingerprint density at radius 3 is 2.14 bits per heavy atom. The first-order chi connectivity index (χ1) is 16.8. The molecule has 2 aromatic carbocycles. The van der Waals surface area contributed by atoms with Crippen LogP contribution in [0.1, 0.15) is 31.9 Å². The zero-order valence-corrected chi connectivity index (χ0v) is 20.2. The number of nitro benzene ring substituents is 1. The monoisotopic (exact) mass is 505 g/mol. The number of halogens is 1. The van der Waals surface area contributed by atoms with Gasteiger partial charge in [0.2, 0.25) is 11.7 Å². The molecule has 0 saturated heterocycles. The van der Waals surface area contributed by atoms with E-state index in [-0.39, 0.29) is 24.2 Å². The number of amides is 2. The molecular formula is C24H28FN3O8. The van der Waals surface area contributed by atoms with Gasteiger partial charge in [-0.3, -0.25) is 14.9 Å². The van der Waals surface area contributed by atoms with Gasteiger partial charge in [0.05, 0.1) is 12.0 Å². The Hall–Kier alpha value is -4.22. The third-order valence-electron chi connectivity index (χ3n) is 4.83. The van der Waals surface area contributed by atoms with Gasteiger partial charge in [-0.25, -0.2) is 9.59 Å². The van der Waals surface area contributed by atoms with Crippen molar-refractivity contribution in [1.82, 2.24) is 10.6 Å². The summed E-state index contributed by atoms with van der Waals surface area (Å²) in [5.74, 6) is -2.68. The summed E-state index contributed by atoms with van der Waals surface area (Å²) in [7, 11) is 1.10. The minimum Gasteiger partial charge on any atom is -0.508 e. The molecule has 12 heteroatoms. The van der Waals surface area contributed by atoms with E-state index in [0.717, 1.165) is 19.2 Å². The first-order valence-corrected chi connectivity index (χ1v) is 10.9. The average molecular weight is 505 g/mol. The number of carbonyl (C=O) groups excluding carboxylic acids is 3. The molecule has 0 heterocycles. The zero-order chi connectivity index (χ0) is 27.0. The lowest BCUT2D eigenvalue weighted by atomic mass is 10.0. The van der Waals surface area contributed by atoms with Crippen LogP contribution in [0.5, 0.6) is 5.75 Å². The van der Waals surface area contributed by atoms with Crippen molar-refractivity contribution in [3.05, 3.63) is 69.5 Å². The van der Waals surface area contributed by atoms with Crippen LogP contribution in [0.25, 0.3) is 0 Å². The molecular weight excluding hydrogens is 477 g/mol.